The minimum Gasteiger partial charge on any atom is -0.470 e. The monoisotopic (exact) mass is 438 g/mol. The summed E-state index contributed by atoms with van der Waals surface area (Å²) in [5.41, 5.74) is 0.799. The minimum atomic E-state index is -0.545. The predicted molar refractivity (Wildman–Crippen MR) is 105 cm³/mol. The molecule has 29 heavy (non-hydrogen) atoms. The van der Waals surface area contributed by atoms with Crippen molar-refractivity contribution in [2.45, 2.75) is 13.3 Å². The molecule has 0 unspecified atom stereocenters. The van der Waals surface area contributed by atoms with Gasteiger partial charge in [-0.3, -0.25) is 19.6 Å². The van der Waals surface area contributed by atoms with Gasteiger partial charge in [0.15, 0.2) is 12.4 Å². The molecule has 0 aliphatic carbocycles. The number of non-ortho nitro benzene ring substituents is 1. The molecule has 3 aromatic rings. The Bertz CT molecular complexity index is 1040. The van der Waals surface area contributed by atoms with Crippen LogP contribution in [-0.2, 0) is 20.3 Å². The Balaban J connectivity index is 1.63. The van der Waals surface area contributed by atoms with Crippen LogP contribution in [0.15, 0.2) is 36.7 Å². The van der Waals surface area contributed by atoms with Crippen LogP contribution in [0.25, 0.3) is 0 Å². The van der Waals surface area contributed by atoms with Crippen LogP contribution in [0.4, 0.5) is 5.69 Å². The Hall–Kier alpha value is -3.11. The number of rotatable bonds is 7. The fourth-order valence-corrected chi connectivity index (χ4v) is 2.96. The molecular formula is C17H16Cl2N6O4. The van der Waals surface area contributed by atoms with Crippen molar-refractivity contribution in [1.29, 1.82) is 0 Å². The number of benzene rings is 1. The average molecular weight is 439 g/mol. The third kappa shape index (κ3) is 4.66. The topological polar surface area (TPSA) is 108 Å². The highest BCUT2D eigenvalue weighted by Gasteiger charge is 2.18. The van der Waals surface area contributed by atoms with Gasteiger partial charge in [0.1, 0.15) is 5.75 Å². The van der Waals surface area contributed by atoms with Gasteiger partial charge < -0.3 is 9.64 Å². The molecule has 0 aliphatic heterocycles. The Morgan fingerprint density at radius 3 is 2.69 bits per heavy atom. The van der Waals surface area contributed by atoms with E-state index in [4.69, 9.17) is 27.9 Å². The largest absolute Gasteiger partial charge is 0.470 e. The van der Waals surface area contributed by atoms with Gasteiger partial charge in [-0.05, 0) is 12.1 Å². The molecule has 2 aromatic heterocycles. The lowest BCUT2D eigenvalue weighted by molar-refractivity contribution is -0.384. The van der Waals surface area contributed by atoms with Crippen LogP contribution in [0.3, 0.4) is 0 Å². The fraction of sp³-hybridized carbons (Fsp3) is 0.235. The highest BCUT2D eigenvalue weighted by molar-refractivity contribution is 6.32. The Morgan fingerprint density at radius 1 is 1.31 bits per heavy atom. The first-order valence-corrected chi connectivity index (χ1v) is 9.04. The van der Waals surface area contributed by atoms with Crippen molar-refractivity contribution >= 4 is 34.8 Å². The van der Waals surface area contributed by atoms with Crippen molar-refractivity contribution in [1.82, 2.24) is 24.5 Å². The number of halogens is 2. The van der Waals surface area contributed by atoms with Gasteiger partial charge in [0.05, 0.1) is 33.4 Å². The number of hydrogen-bond donors (Lipinski definition) is 0. The third-order valence-electron chi connectivity index (χ3n) is 4.08. The number of hydrogen-bond acceptors (Lipinski definition) is 6. The molecule has 1 aromatic carbocycles. The molecule has 0 aliphatic rings. The average Bonchev–Trinajstić information content (AvgIpc) is 3.28. The molecular weight excluding hydrogens is 423 g/mol. The lowest BCUT2D eigenvalue weighted by Gasteiger charge is -2.16. The quantitative estimate of drug-likeness (QED) is 0.414. The van der Waals surface area contributed by atoms with E-state index in [0.29, 0.717) is 10.7 Å². The molecule has 152 valence electrons. The maximum absolute atomic E-state index is 12.6. The van der Waals surface area contributed by atoms with E-state index in [0.717, 1.165) is 0 Å². The van der Waals surface area contributed by atoms with Gasteiger partial charge in [0, 0.05) is 32.4 Å². The summed E-state index contributed by atoms with van der Waals surface area (Å²) in [5, 5.41) is 19.6. The van der Waals surface area contributed by atoms with E-state index >= 15 is 0 Å². The zero-order valence-electron chi connectivity index (χ0n) is 15.5. The molecule has 0 atom stereocenters. The first kappa shape index (κ1) is 20.6. The zero-order valence-corrected chi connectivity index (χ0v) is 17.0. The number of carbonyl (C=O) groups excluding carboxylic acids is 1. The van der Waals surface area contributed by atoms with E-state index in [1.807, 2.05) is 0 Å². The highest BCUT2D eigenvalue weighted by Crippen LogP contribution is 2.28. The molecule has 3 rings (SSSR count). The molecule has 0 spiro atoms. The summed E-state index contributed by atoms with van der Waals surface area (Å²) in [4.78, 5) is 24.3. The van der Waals surface area contributed by atoms with Crippen LogP contribution in [0.1, 0.15) is 16.2 Å². The van der Waals surface area contributed by atoms with E-state index in [1.54, 1.807) is 31.0 Å². The number of aromatic nitrogens is 4. The second kappa shape index (κ2) is 8.50. The molecule has 10 nitrogen and oxygen atoms in total. The maximum Gasteiger partial charge on any atom is 0.274 e. The molecule has 0 saturated heterocycles. The number of nitrogens with zero attached hydrogens (tertiary/aromatic N) is 6. The van der Waals surface area contributed by atoms with Crippen LogP contribution in [0.5, 0.6) is 5.75 Å². The second-order valence-electron chi connectivity index (χ2n) is 6.11. The van der Waals surface area contributed by atoms with Crippen molar-refractivity contribution in [2.24, 2.45) is 7.05 Å². The van der Waals surface area contributed by atoms with Crippen molar-refractivity contribution in [2.75, 3.05) is 7.05 Å². The number of aryl methyl sites for hydroxylation is 1. The summed E-state index contributed by atoms with van der Waals surface area (Å²) >= 11 is 12.1. The highest BCUT2D eigenvalue weighted by atomic mass is 35.5. The molecule has 12 heteroatoms. The molecule has 0 bridgehead atoms. The van der Waals surface area contributed by atoms with Crippen LogP contribution in [0, 0.1) is 10.1 Å². The van der Waals surface area contributed by atoms with Gasteiger partial charge in [-0.2, -0.15) is 10.2 Å². The van der Waals surface area contributed by atoms with Gasteiger partial charge in [0.2, 0.25) is 0 Å². The third-order valence-corrected chi connectivity index (χ3v) is 4.69. The van der Waals surface area contributed by atoms with Crippen molar-refractivity contribution < 1.29 is 14.5 Å². The van der Waals surface area contributed by atoms with Gasteiger partial charge in [-0.25, -0.2) is 4.68 Å². The Labute approximate surface area is 175 Å². The van der Waals surface area contributed by atoms with Crippen LogP contribution in [-0.4, -0.2) is 42.3 Å². The first-order chi connectivity index (χ1) is 13.8. The van der Waals surface area contributed by atoms with Crippen molar-refractivity contribution in [3.63, 3.8) is 0 Å². The van der Waals surface area contributed by atoms with E-state index < -0.39 is 4.92 Å². The van der Waals surface area contributed by atoms with E-state index in [2.05, 4.69) is 10.2 Å². The molecule has 0 radical (unpaired) electrons. The standard InChI is InChI=1S/C17H16Cl2N6O4/c1-22(9-15-13(19)8-20-23(15)2)17(26)14-5-6-24(21-14)10-29-16-4-3-11(25(27)28)7-12(16)18/h3-8H,9-10H2,1-2H3. The van der Waals surface area contributed by atoms with Crippen molar-refractivity contribution in [3.8, 4) is 5.75 Å². The summed E-state index contributed by atoms with van der Waals surface area (Å²) in [6.07, 6.45) is 3.10. The number of carbonyl (C=O) groups is 1. The second-order valence-corrected chi connectivity index (χ2v) is 6.92. The summed E-state index contributed by atoms with van der Waals surface area (Å²) in [5.74, 6) is -0.0296. The number of amides is 1. The summed E-state index contributed by atoms with van der Waals surface area (Å²) < 4.78 is 8.54. The predicted octanol–water partition coefficient (Wildman–Crippen LogP) is 3.14. The van der Waals surface area contributed by atoms with Crippen LogP contribution in [0.2, 0.25) is 10.0 Å². The first-order valence-electron chi connectivity index (χ1n) is 8.28. The van der Waals surface area contributed by atoms with E-state index in [1.165, 1.54) is 34.0 Å². The van der Waals surface area contributed by atoms with Gasteiger partial charge in [0.25, 0.3) is 11.6 Å². The number of nitro benzene ring substituents is 1. The Kier molecular flexibility index (Phi) is 6.04. The van der Waals surface area contributed by atoms with Crippen molar-refractivity contribution in [3.05, 3.63) is 68.2 Å². The SMILES string of the molecule is CN(Cc1c(Cl)cnn1C)C(=O)c1ccn(COc2ccc([N+](=O)[O-])cc2Cl)n1. The van der Waals surface area contributed by atoms with E-state index in [9.17, 15) is 14.9 Å². The molecule has 1 amide bonds. The van der Waals surface area contributed by atoms with Crippen LogP contribution >= 0.6 is 23.2 Å². The molecule has 0 saturated carbocycles. The van der Waals surface area contributed by atoms with Gasteiger partial charge >= 0.3 is 0 Å². The zero-order chi connectivity index (χ0) is 21.1. The number of ether oxygens (including phenoxy) is 1. The molecule has 0 N–H and O–H groups in total. The minimum absolute atomic E-state index is 0.0257. The fourth-order valence-electron chi connectivity index (χ4n) is 2.51. The van der Waals surface area contributed by atoms with E-state index in [-0.39, 0.29) is 41.3 Å². The number of nitro groups is 1. The molecule has 2 heterocycles. The Morgan fingerprint density at radius 2 is 2.07 bits per heavy atom. The smallest absolute Gasteiger partial charge is 0.274 e. The van der Waals surface area contributed by atoms with Gasteiger partial charge in [-0.15, -0.1) is 0 Å². The normalized spacial score (nSPS) is 10.8. The van der Waals surface area contributed by atoms with Crippen LogP contribution < -0.4 is 4.74 Å². The summed E-state index contributed by atoms with van der Waals surface area (Å²) in [6.45, 7) is 0.248. The maximum atomic E-state index is 12.6. The van der Waals surface area contributed by atoms with Gasteiger partial charge in [-0.1, -0.05) is 23.2 Å². The molecule has 0 fully saturated rings. The summed E-state index contributed by atoms with van der Waals surface area (Å²) in [6, 6.07) is 5.46. The lowest BCUT2D eigenvalue weighted by Crippen LogP contribution is -2.28. The lowest BCUT2D eigenvalue weighted by atomic mass is 10.3. The summed E-state index contributed by atoms with van der Waals surface area (Å²) in [7, 11) is 3.38.